The molecule has 0 saturated carbocycles. The lowest BCUT2D eigenvalue weighted by Gasteiger charge is -2.25. The maximum atomic E-state index is 10.8. The number of nitrogens with one attached hydrogen (secondary N) is 1. The van der Waals surface area contributed by atoms with Crippen LogP contribution < -0.4 is 5.32 Å². The second-order valence-corrected chi connectivity index (χ2v) is 3.74. The lowest BCUT2D eigenvalue weighted by Crippen LogP contribution is -2.48. The van der Waals surface area contributed by atoms with Gasteiger partial charge >= 0.3 is 0 Å². The standard InChI is InChI=1S/C8H17NO2/c1-6(11)7(5-10)9-8(2,3)4/h7,9-10H,5H2,1-4H3/t7-/m0/s1. The molecule has 0 fully saturated rings. The number of hydrogen-bond acceptors (Lipinski definition) is 3. The number of carbonyl (C=O) groups excluding carboxylic acids is 1. The number of rotatable bonds is 3. The Bertz CT molecular complexity index is 138. The Morgan fingerprint density at radius 2 is 2.00 bits per heavy atom. The van der Waals surface area contributed by atoms with E-state index < -0.39 is 6.04 Å². The smallest absolute Gasteiger partial charge is 0.149 e. The molecule has 0 aromatic heterocycles. The highest BCUT2D eigenvalue weighted by Gasteiger charge is 2.19. The molecule has 0 amide bonds. The van der Waals surface area contributed by atoms with Gasteiger partial charge in [0.2, 0.25) is 0 Å². The molecule has 0 aliphatic carbocycles. The van der Waals surface area contributed by atoms with Crippen molar-refractivity contribution in [3.63, 3.8) is 0 Å². The predicted molar refractivity (Wildman–Crippen MR) is 44.4 cm³/mol. The summed E-state index contributed by atoms with van der Waals surface area (Å²) in [7, 11) is 0. The van der Waals surface area contributed by atoms with E-state index in [0.717, 1.165) is 0 Å². The van der Waals surface area contributed by atoms with Gasteiger partial charge in [0, 0.05) is 5.54 Å². The summed E-state index contributed by atoms with van der Waals surface area (Å²) in [6, 6.07) is -0.421. The number of carbonyl (C=O) groups is 1. The van der Waals surface area contributed by atoms with Gasteiger partial charge in [0.1, 0.15) is 5.78 Å². The van der Waals surface area contributed by atoms with Crippen molar-refractivity contribution in [3.05, 3.63) is 0 Å². The minimum absolute atomic E-state index is 0.0255. The first-order valence-corrected chi connectivity index (χ1v) is 3.76. The fourth-order valence-corrected chi connectivity index (χ4v) is 0.799. The fourth-order valence-electron chi connectivity index (χ4n) is 0.799. The van der Waals surface area contributed by atoms with Gasteiger partial charge in [-0.2, -0.15) is 0 Å². The lowest BCUT2D eigenvalue weighted by molar-refractivity contribution is -0.120. The van der Waals surface area contributed by atoms with E-state index in [9.17, 15) is 4.79 Å². The molecule has 2 N–H and O–H groups in total. The van der Waals surface area contributed by atoms with Gasteiger partial charge in [0.05, 0.1) is 12.6 Å². The van der Waals surface area contributed by atoms with Crippen LogP contribution in [-0.4, -0.2) is 29.1 Å². The van der Waals surface area contributed by atoms with E-state index in [2.05, 4.69) is 5.32 Å². The summed E-state index contributed by atoms with van der Waals surface area (Å²) in [5.74, 6) is -0.0255. The fraction of sp³-hybridized carbons (Fsp3) is 0.875. The minimum atomic E-state index is -0.421. The molecule has 0 aromatic rings. The predicted octanol–water partition coefficient (Wildman–Crippen LogP) is 0.324. The first-order chi connectivity index (χ1) is 4.87. The van der Waals surface area contributed by atoms with Gasteiger partial charge in [-0.25, -0.2) is 0 Å². The van der Waals surface area contributed by atoms with Crippen molar-refractivity contribution < 1.29 is 9.90 Å². The summed E-state index contributed by atoms with van der Waals surface area (Å²) < 4.78 is 0. The van der Waals surface area contributed by atoms with E-state index in [1.54, 1.807) is 0 Å². The zero-order valence-corrected chi connectivity index (χ0v) is 7.64. The minimum Gasteiger partial charge on any atom is -0.394 e. The Labute approximate surface area is 67.8 Å². The van der Waals surface area contributed by atoms with Crippen LogP contribution in [0.1, 0.15) is 27.7 Å². The van der Waals surface area contributed by atoms with Crippen LogP contribution in [0, 0.1) is 0 Å². The average Bonchev–Trinajstić information content (AvgIpc) is 1.80. The summed E-state index contributed by atoms with van der Waals surface area (Å²) in [5.41, 5.74) is -0.126. The third kappa shape index (κ3) is 4.93. The van der Waals surface area contributed by atoms with E-state index in [1.807, 2.05) is 20.8 Å². The van der Waals surface area contributed by atoms with E-state index >= 15 is 0 Å². The van der Waals surface area contributed by atoms with Crippen molar-refractivity contribution in [2.75, 3.05) is 6.61 Å². The number of aliphatic hydroxyl groups is 1. The Morgan fingerprint density at radius 3 is 2.09 bits per heavy atom. The summed E-state index contributed by atoms with van der Waals surface area (Å²) >= 11 is 0. The molecule has 0 rings (SSSR count). The largest absolute Gasteiger partial charge is 0.394 e. The topological polar surface area (TPSA) is 49.3 Å². The first kappa shape index (κ1) is 10.6. The summed E-state index contributed by atoms with van der Waals surface area (Å²) in [5, 5.41) is 11.8. The van der Waals surface area contributed by atoms with E-state index in [4.69, 9.17) is 5.11 Å². The normalized spacial score (nSPS) is 14.6. The zero-order valence-electron chi connectivity index (χ0n) is 7.64. The van der Waals surface area contributed by atoms with Gasteiger partial charge < -0.3 is 10.4 Å². The molecule has 1 atom stereocenters. The maximum absolute atomic E-state index is 10.8. The third-order valence-electron chi connectivity index (χ3n) is 1.28. The molecule has 0 spiro atoms. The molecule has 0 aliphatic rings. The highest BCUT2D eigenvalue weighted by Crippen LogP contribution is 2.01. The van der Waals surface area contributed by atoms with Crippen LogP contribution in [0.4, 0.5) is 0 Å². The Hall–Kier alpha value is -0.410. The van der Waals surface area contributed by atoms with Crippen LogP contribution in [0.3, 0.4) is 0 Å². The van der Waals surface area contributed by atoms with Gasteiger partial charge in [-0.15, -0.1) is 0 Å². The van der Waals surface area contributed by atoms with Gasteiger partial charge in [0.15, 0.2) is 0 Å². The SMILES string of the molecule is CC(=O)[C@H](CO)NC(C)(C)C. The van der Waals surface area contributed by atoms with Crippen LogP contribution in [0.25, 0.3) is 0 Å². The number of hydrogen-bond donors (Lipinski definition) is 2. The van der Waals surface area contributed by atoms with Crippen LogP contribution >= 0.6 is 0 Å². The van der Waals surface area contributed by atoms with Crippen molar-refractivity contribution in [2.24, 2.45) is 0 Å². The second kappa shape index (κ2) is 3.83. The summed E-state index contributed by atoms with van der Waals surface area (Å²) in [6.07, 6.45) is 0. The van der Waals surface area contributed by atoms with Gasteiger partial charge in [-0.1, -0.05) is 0 Å². The second-order valence-electron chi connectivity index (χ2n) is 3.74. The lowest BCUT2D eigenvalue weighted by atomic mass is 10.1. The van der Waals surface area contributed by atoms with Gasteiger partial charge in [-0.05, 0) is 27.7 Å². The Balaban J connectivity index is 3.99. The van der Waals surface area contributed by atoms with Crippen molar-refractivity contribution in [1.82, 2.24) is 5.32 Å². The van der Waals surface area contributed by atoms with Crippen LogP contribution in [0.5, 0.6) is 0 Å². The third-order valence-corrected chi connectivity index (χ3v) is 1.28. The highest BCUT2D eigenvalue weighted by atomic mass is 16.3. The molecule has 0 aromatic carbocycles. The van der Waals surface area contributed by atoms with Crippen molar-refractivity contribution in [3.8, 4) is 0 Å². The van der Waals surface area contributed by atoms with E-state index in [1.165, 1.54) is 6.92 Å². The molecule has 0 heterocycles. The molecule has 0 saturated heterocycles. The summed E-state index contributed by atoms with van der Waals surface area (Å²) in [4.78, 5) is 10.8. The van der Waals surface area contributed by atoms with Crippen molar-refractivity contribution in [2.45, 2.75) is 39.3 Å². The summed E-state index contributed by atoms with van der Waals surface area (Å²) in [6.45, 7) is 7.21. The molecule has 11 heavy (non-hydrogen) atoms. The van der Waals surface area contributed by atoms with E-state index in [0.29, 0.717) is 0 Å². The first-order valence-electron chi connectivity index (χ1n) is 3.76. The molecule has 66 valence electrons. The molecule has 3 heteroatoms. The molecule has 3 nitrogen and oxygen atoms in total. The molecular weight excluding hydrogens is 142 g/mol. The van der Waals surface area contributed by atoms with Gasteiger partial charge in [-0.3, -0.25) is 4.79 Å². The monoisotopic (exact) mass is 159 g/mol. The molecule has 0 bridgehead atoms. The molecular formula is C8H17NO2. The van der Waals surface area contributed by atoms with Crippen molar-refractivity contribution in [1.29, 1.82) is 0 Å². The van der Waals surface area contributed by atoms with Crippen LogP contribution in [0.2, 0.25) is 0 Å². The van der Waals surface area contributed by atoms with Crippen molar-refractivity contribution >= 4 is 5.78 Å². The number of ketones is 1. The van der Waals surface area contributed by atoms with Gasteiger partial charge in [0.25, 0.3) is 0 Å². The van der Waals surface area contributed by atoms with Crippen LogP contribution in [0.15, 0.2) is 0 Å². The molecule has 0 aliphatic heterocycles. The van der Waals surface area contributed by atoms with Crippen LogP contribution in [-0.2, 0) is 4.79 Å². The number of Topliss-reactive ketones (excluding diaryl/α,β-unsaturated/α-hetero) is 1. The number of aliphatic hydroxyl groups excluding tert-OH is 1. The highest BCUT2D eigenvalue weighted by molar-refractivity contribution is 5.81. The zero-order chi connectivity index (χ0) is 9.07. The molecule has 0 unspecified atom stereocenters. The van der Waals surface area contributed by atoms with E-state index in [-0.39, 0.29) is 17.9 Å². The maximum Gasteiger partial charge on any atom is 0.149 e. The Morgan fingerprint density at radius 1 is 1.55 bits per heavy atom. The quantitative estimate of drug-likeness (QED) is 0.623. The average molecular weight is 159 g/mol. The molecule has 0 radical (unpaired) electrons. The Kier molecular flexibility index (Phi) is 3.69.